The van der Waals surface area contributed by atoms with Crippen molar-refractivity contribution in [2.75, 3.05) is 6.61 Å². The Morgan fingerprint density at radius 3 is 2.87 bits per heavy atom. The van der Waals surface area contributed by atoms with Gasteiger partial charge in [0.1, 0.15) is 5.69 Å². The zero-order valence-corrected chi connectivity index (χ0v) is 10.5. The van der Waals surface area contributed by atoms with E-state index in [-0.39, 0.29) is 5.97 Å². The van der Waals surface area contributed by atoms with Crippen LogP contribution < -0.4 is 0 Å². The molecule has 1 rings (SSSR count). The Balaban J connectivity index is 2.98. The number of carbonyl (C=O) groups excluding carboxylic acids is 1. The number of allylic oxidation sites excluding steroid dienone is 1. The van der Waals surface area contributed by atoms with Gasteiger partial charge in [-0.1, -0.05) is 22.5 Å². The predicted molar refractivity (Wildman–Crippen MR) is 63.2 cm³/mol. The largest absolute Gasteiger partial charge is 0.461 e. The van der Waals surface area contributed by atoms with Crippen LogP contribution in [-0.4, -0.2) is 17.1 Å². The van der Waals surface area contributed by atoms with E-state index in [0.717, 1.165) is 10.0 Å². The van der Waals surface area contributed by atoms with Crippen molar-refractivity contribution in [2.24, 2.45) is 0 Å². The van der Waals surface area contributed by atoms with E-state index in [4.69, 9.17) is 4.74 Å². The second kappa shape index (κ2) is 5.16. The number of aryl methyl sites for hydroxylation is 1. The fourth-order valence-corrected chi connectivity index (χ4v) is 1.65. The fraction of sp³-hybridized carbons (Fsp3) is 0.364. The van der Waals surface area contributed by atoms with Crippen molar-refractivity contribution in [1.29, 1.82) is 0 Å². The first-order valence-corrected chi connectivity index (χ1v) is 5.51. The maximum atomic E-state index is 11.6. The third-order valence-electron chi connectivity index (χ3n) is 1.98. The first-order chi connectivity index (χ1) is 7.06. The topological polar surface area (TPSA) is 31.2 Å². The van der Waals surface area contributed by atoms with Gasteiger partial charge in [-0.2, -0.15) is 0 Å². The summed E-state index contributed by atoms with van der Waals surface area (Å²) in [5.74, 6) is -0.284. The first kappa shape index (κ1) is 12.0. The lowest BCUT2D eigenvalue weighted by Gasteiger charge is -2.08. The molecule has 1 heterocycles. The molecule has 0 unspecified atom stereocenters. The number of ether oxygens (including phenoxy) is 1. The van der Waals surface area contributed by atoms with Crippen LogP contribution in [0.4, 0.5) is 0 Å². The standard InChI is InChI=1S/C11H14BrNO2/c1-4-15-11(14)10-8(2)5-6-13(10)7-9(3)12/h5-6H,3-4,7H2,1-2H3. The van der Waals surface area contributed by atoms with Crippen molar-refractivity contribution < 1.29 is 9.53 Å². The third kappa shape index (κ3) is 2.96. The summed E-state index contributed by atoms with van der Waals surface area (Å²) in [4.78, 5) is 11.6. The maximum Gasteiger partial charge on any atom is 0.355 e. The maximum absolute atomic E-state index is 11.6. The molecule has 0 spiro atoms. The molecule has 1 aromatic heterocycles. The lowest BCUT2D eigenvalue weighted by molar-refractivity contribution is 0.0513. The van der Waals surface area contributed by atoms with E-state index in [1.807, 2.05) is 23.8 Å². The number of hydrogen-bond acceptors (Lipinski definition) is 2. The van der Waals surface area contributed by atoms with E-state index in [1.54, 1.807) is 6.92 Å². The van der Waals surface area contributed by atoms with Gasteiger partial charge < -0.3 is 9.30 Å². The van der Waals surface area contributed by atoms with Gasteiger partial charge >= 0.3 is 5.97 Å². The second-order valence-corrected chi connectivity index (χ2v) is 4.33. The van der Waals surface area contributed by atoms with Crippen LogP contribution in [0.1, 0.15) is 23.0 Å². The zero-order valence-electron chi connectivity index (χ0n) is 8.92. The summed E-state index contributed by atoms with van der Waals surface area (Å²) in [5, 5.41) is 0. The van der Waals surface area contributed by atoms with Crippen LogP contribution in [0.2, 0.25) is 0 Å². The lowest BCUT2D eigenvalue weighted by atomic mass is 10.3. The monoisotopic (exact) mass is 271 g/mol. The molecule has 0 fully saturated rings. The van der Waals surface area contributed by atoms with E-state index < -0.39 is 0 Å². The summed E-state index contributed by atoms with van der Waals surface area (Å²) in [7, 11) is 0. The number of hydrogen-bond donors (Lipinski definition) is 0. The summed E-state index contributed by atoms with van der Waals surface area (Å²) in [5.41, 5.74) is 1.51. The minimum absolute atomic E-state index is 0.284. The summed E-state index contributed by atoms with van der Waals surface area (Å²) in [6, 6.07) is 1.89. The van der Waals surface area contributed by atoms with Crippen molar-refractivity contribution in [3.8, 4) is 0 Å². The molecule has 4 heteroatoms. The van der Waals surface area contributed by atoms with Gasteiger partial charge in [0, 0.05) is 10.7 Å². The van der Waals surface area contributed by atoms with Crippen molar-refractivity contribution >= 4 is 21.9 Å². The minimum atomic E-state index is -0.284. The Kier molecular flexibility index (Phi) is 4.15. The van der Waals surface area contributed by atoms with E-state index in [2.05, 4.69) is 22.5 Å². The van der Waals surface area contributed by atoms with Crippen LogP contribution in [0.3, 0.4) is 0 Å². The molecular formula is C11H14BrNO2. The van der Waals surface area contributed by atoms with E-state index in [1.165, 1.54) is 0 Å². The van der Waals surface area contributed by atoms with Crippen LogP contribution in [0.5, 0.6) is 0 Å². The van der Waals surface area contributed by atoms with E-state index in [0.29, 0.717) is 18.8 Å². The highest BCUT2D eigenvalue weighted by molar-refractivity contribution is 9.11. The van der Waals surface area contributed by atoms with Crippen LogP contribution in [0, 0.1) is 6.92 Å². The molecule has 0 amide bonds. The average molecular weight is 272 g/mol. The molecular weight excluding hydrogens is 258 g/mol. The Morgan fingerprint density at radius 2 is 2.33 bits per heavy atom. The fourth-order valence-electron chi connectivity index (χ4n) is 1.38. The van der Waals surface area contributed by atoms with Crippen molar-refractivity contribution in [3.63, 3.8) is 0 Å². The molecule has 82 valence electrons. The molecule has 0 N–H and O–H groups in total. The van der Waals surface area contributed by atoms with Gasteiger partial charge in [0.15, 0.2) is 0 Å². The quantitative estimate of drug-likeness (QED) is 0.789. The molecule has 0 radical (unpaired) electrons. The summed E-state index contributed by atoms with van der Waals surface area (Å²) >= 11 is 3.28. The highest BCUT2D eigenvalue weighted by Gasteiger charge is 2.15. The molecule has 0 aliphatic heterocycles. The van der Waals surface area contributed by atoms with Crippen molar-refractivity contribution in [3.05, 3.63) is 34.6 Å². The SMILES string of the molecule is C=C(Br)Cn1ccc(C)c1C(=O)OCC. The first-order valence-electron chi connectivity index (χ1n) is 4.72. The summed E-state index contributed by atoms with van der Waals surface area (Å²) in [6.45, 7) is 8.39. The molecule has 0 aliphatic rings. The molecule has 3 nitrogen and oxygen atoms in total. The van der Waals surface area contributed by atoms with Gasteiger partial charge in [-0.25, -0.2) is 4.79 Å². The van der Waals surface area contributed by atoms with E-state index >= 15 is 0 Å². The Labute approximate surface area is 97.9 Å². The summed E-state index contributed by atoms with van der Waals surface area (Å²) in [6.07, 6.45) is 1.86. The Bertz CT molecular complexity index is 382. The molecule has 0 atom stereocenters. The molecule has 0 saturated heterocycles. The van der Waals surface area contributed by atoms with Gasteiger partial charge in [0.2, 0.25) is 0 Å². The molecule has 0 bridgehead atoms. The van der Waals surface area contributed by atoms with Crippen molar-refractivity contribution in [1.82, 2.24) is 4.57 Å². The highest BCUT2D eigenvalue weighted by atomic mass is 79.9. The average Bonchev–Trinajstić information content (AvgIpc) is 2.46. The number of nitrogens with zero attached hydrogens (tertiary/aromatic N) is 1. The number of rotatable bonds is 4. The van der Waals surface area contributed by atoms with Crippen LogP contribution in [-0.2, 0) is 11.3 Å². The van der Waals surface area contributed by atoms with Crippen LogP contribution >= 0.6 is 15.9 Å². The number of aromatic nitrogens is 1. The number of esters is 1. The molecule has 15 heavy (non-hydrogen) atoms. The lowest BCUT2D eigenvalue weighted by Crippen LogP contribution is -2.13. The van der Waals surface area contributed by atoms with Crippen LogP contribution in [0.25, 0.3) is 0 Å². The summed E-state index contributed by atoms with van der Waals surface area (Å²) < 4.78 is 7.63. The van der Waals surface area contributed by atoms with Gasteiger partial charge in [0.25, 0.3) is 0 Å². The molecule has 1 aromatic rings. The van der Waals surface area contributed by atoms with E-state index in [9.17, 15) is 4.79 Å². The van der Waals surface area contributed by atoms with Gasteiger partial charge in [0.05, 0.1) is 13.2 Å². The molecule has 0 aliphatic carbocycles. The van der Waals surface area contributed by atoms with Crippen LogP contribution in [0.15, 0.2) is 23.3 Å². The third-order valence-corrected chi connectivity index (χ3v) is 2.23. The Hall–Kier alpha value is -1.03. The highest BCUT2D eigenvalue weighted by Crippen LogP contribution is 2.15. The molecule has 0 aromatic carbocycles. The van der Waals surface area contributed by atoms with Gasteiger partial charge in [-0.3, -0.25) is 0 Å². The normalized spacial score (nSPS) is 10.1. The van der Waals surface area contributed by atoms with Gasteiger partial charge in [-0.05, 0) is 25.5 Å². The minimum Gasteiger partial charge on any atom is -0.461 e. The molecule has 0 saturated carbocycles. The smallest absolute Gasteiger partial charge is 0.355 e. The Morgan fingerprint density at radius 1 is 1.67 bits per heavy atom. The second-order valence-electron chi connectivity index (χ2n) is 3.21. The number of halogens is 1. The predicted octanol–water partition coefficient (Wildman–Crippen LogP) is 2.88. The number of carbonyl (C=O) groups is 1. The van der Waals surface area contributed by atoms with Gasteiger partial charge in [-0.15, -0.1) is 0 Å². The zero-order chi connectivity index (χ0) is 11.4. The van der Waals surface area contributed by atoms with Crippen molar-refractivity contribution in [2.45, 2.75) is 20.4 Å².